The predicted molar refractivity (Wildman–Crippen MR) is 70.0 cm³/mol. The molecule has 0 bridgehead atoms. The molecule has 0 fully saturated rings. The van der Waals surface area contributed by atoms with Crippen LogP contribution in [0.3, 0.4) is 0 Å². The van der Waals surface area contributed by atoms with Crippen molar-refractivity contribution in [1.29, 1.82) is 0 Å². The summed E-state index contributed by atoms with van der Waals surface area (Å²) in [4.78, 5) is 22.8. The second-order valence-corrected chi connectivity index (χ2v) is 4.21. The van der Waals surface area contributed by atoms with Crippen molar-refractivity contribution in [3.8, 4) is 0 Å². The Labute approximate surface area is 109 Å². The van der Waals surface area contributed by atoms with Crippen LogP contribution in [0.15, 0.2) is 12.2 Å². The number of carbonyl (C=O) groups excluding carboxylic acids is 2. The van der Waals surface area contributed by atoms with Crippen molar-refractivity contribution in [1.82, 2.24) is 0 Å². The van der Waals surface area contributed by atoms with Gasteiger partial charge in [-0.05, 0) is 19.3 Å². The molecule has 0 spiro atoms. The fourth-order valence-electron chi connectivity index (χ4n) is 1.48. The van der Waals surface area contributed by atoms with Gasteiger partial charge in [0.2, 0.25) is 0 Å². The van der Waals surface area contributed by atoms with Crippen molar-refractivity contribution >= 4 is 11.9 Å². The molecular weight excluding hydrogens is 232 g/mol. The number of unbranched alkanes of at least 4 members (excludes halogenated alkanes) is 1. The summed E-state index contributed by atoms with van der Waals surface area (Å²) < 4.78 is 9.77. The summed E-state index contributed by atoms with van der Waals surface area (Å²) >= 11 is 0. The number of rotatable bonds is 9. The third kappa shape index (κ3) is 6.42. The van der Waals surface area contributed by atoms with Crippen LogP contribution in [0.2, 0.25) is 0 Å². The molecule has 0 heterocycles. The van der Waals surface area contributed by atoms with Crippen LogP contribution in [0.1, 0.15) is 46.5 Å². The topological polar surface area (TPSA) is 52.6 Å². The van der Waals surface area contributed by atoms with Crippen LogP contribution >= 0.6 is 0 Å². The summed E-state index contributed by atoms with van der Waals surface area (Å²) in [5, 5.41) is 0. The first kappa shape index (κ1) is 16.7. The molecule has 0 N–H and O–H groups in total. The van der Waals surface area contributed by atoms with Crippen molar-refractivity contribution in [2.24, 2.45) is 5.92 Å². The molecule has 0 saturated heterocycles. The van der Waals surface area contributed by atoms with Gasteiger partial charge in [-0.25, -0.2) is 9.59 Å². The van der Waals surface area contributed by atoms with Crippen LogP contribution in [0.25, 0.3) is 0 Å². The van der Waals surface area contributed by atoms with Gasteiger partial charge in [-0.1, -0.05) is 39.7 Å². The summed E-state index contributed by atoms with van der Waals surface area (Å²) in [6, 6.07) is 0. The number of carbonyl (C=O) groups is 2. The molecule has 1 atom stereocenters. The molecule has 104 valence electrons. The summed E-state index contributed by atoms with van der Waals surface area (Å²) in [6.07, 6.45) is 4.24. The zero-order valence-electron chi connectivity index (χ0n) is 11.7. The van der Waals surface area contributed by atoms with Gasteiger partial charge in [-0.15, -0.1) is 0 Å². The molecule has 0 rings (SSSR count). The maximum atomic E-state index is 11.5. The minimum absolute atomic E-state index is 0.221. The normalized spacial score (nSPS) is 11.7. The number of hydrogen-bond acceptors (Lipinski definition) is 4. The van der Waals surface area contributed by atoms with Crippen molar-refractivity contribution in [3.63, 3.8) is 0 Å². The largest absolute Gasteiger partial charge is 0.462 e. The molecule has 4 nitrogen and oxygen atoms in total. The minimum Gasteiger partial charge on any atom is -0.462 e. The van der Waals surface area contributed by atoms with Gasteiger partial charge >= 0.3 is 11.9 Å². The van der Waals surface area contributed by atoms with E-state index in [9.17, 15) is 9.59 Å². The molecule has 0 radical (unpaired) electrons. The van der Waals surface area contributed by atoms with Crippen molar-refractivity contribution in [2.75, 3.05) is 13.2 Å². The number of hydrogen-bond donors (Lipinski definition) is 0. The summed E-state index contributed by atoms with van der Waals surface area (Å²) in [7, 11) is 0. The molecule has 0 aromatic rings. The molecule has 18 heavy (non-hydrogen) atoms. The van der Waals surface area contributed by atoms with E-state index in [1.807, 2.05) is 0 Å². The summed E-state index contributed by atoms with van der Waals surface area (Å²) in [6.45, 7) is 9.82. The first-order valence-corrected chi connectivity index (χ1v) is 6.59. The van der Waals surface area contributed by atoms with E-state index in [4.69, 9.17) is 4.74 Å². The Balaban J connectivity index is 4.07. The monoisotopic (exact) mass is 256 g/mol. The molecule has 0 aromatic carbocycles. The van der Waals surface area contributed by atoms with Crippen LogP contribution in [-0.2, 0) is 19.1 Å². The average molecular weight is 256 g/mol. The molecule has 0 aliphatic carbocycles. The van der Waals surface area contributed by atoms with Crippen molar-refractivity contribution in [3.05, 3.63) is 12.2 Å². The van der Waals surface area contributed by atoms with E-state index in [0.717, 1.165) is 25.7 Å². The lowest BCUT2D eigenvalue weighted by atomic mass is 10.0. The van der Waals surface area contributed by atoms with Crippen LogP contribution < -0.4 is 0 Å². The maximum absolute atomic E-state index is 11.5. The lowest BCUT2D eigenvalue weighted by molar-refractivity contribution is -0.147. The molecule has 0 aliphatic rings. The fourth-order valence-corrected chi connectivity index (χ4v) is 1.48. The van der Waals surface area contributed by atoms with E-state index in [-0.39, 0.29) is 12.2 Å². The van der Waals surface area contributed by atoms with Crippen LogP contribution in [0, 0.1) is 5.92 Å². The Morgan fingerprint density at radius 2 is 1.72 bits per heavy atom. The van der Waals surface area contributed by atoms with Gasteiger partial charge in [0.15, 0.2) is 0 Å². The Bertz CT molecular complexity index is 284. The lowest BCUT2D eigenvalue weighted by Crippen LogP contribution is -2.20. The quantitative estimate of drug-likeness (QED) is 0.275. The average Bonchev–Trinajstić information content (AvgIpc) is 2.38. The third-order valence-corrected chi connectivity index (χ3v) is 2.76. The highest BCUT2D eigenvalue weighted by molar-refractivity contribution is 6.13. The van der Waals surface area contributed by atoms with Gasteiger partial charge in [0.1, 0.15) is 5.57 Å². The first-order valence-electron chi connectivity index (χ1n) is 6.59. The second kappa shape index (κ2) is 9.68. The van der Waals surface area contributed by atoms with Crippen LogP contribution in [0.4, 0.5) is 0 Å². The Morgan fingerprint density at radius 1 is 1.11 bits per heavy atom. The van der Waals surface area contributed by atoms with E-state index >= 15 is 0 Å². The third-order valence-electron chi connectivity index (χ3n) is 2.76. The van der Waals surface area contributed by atoms with Gasteiger partial charge in [0.25, 0.3) is 0 Å². The number of ether oxygens (including phenoxy) is 2. The molecule has 0 saturated carbocycles. The predicted octanol–water partition coefficient (Wildman–Crippen LogP) is 2.87. The highest BCUT2D eigenvalue weighted by atomic mass is 16.6. The SMILES string of the molecule is C=C(C(=O)OCC)C(=O)OCC(CC)CCCC. The van der Waals surface area contributed by atoms with E-state index < -0.39 is 11.9 Å². The first-order chi connectivity index (χ1) is 8.56. The van der Waals surface area contributed by atoms with Crippen LogP contribution in [0.5, 0.6) is 0 Å². The molecule has 4 heteroatoms. The fraction of sp³-hybridized carbons (Fsp3) is 0.714. The van der Waals surface area contributed by atoms with Gasteiger partial charge in [-0.2, -0.15) is 0 Å². The van der Waals surface area contributed by atoms with Gasteiger partial charge in [0.05, 0.1) is 13.2 Å². The van der Waals surface area contributed by atoms with E-state index in [1.165, 1.54) is 0 Å². The van der Waals surface area contributed by atoms with E-state index in [2.05, 4.69) is 25.2 Å². The molecule has 0 aromatic heterocycles. The zero-order chi connectivity index (χ0) is 14.0. The second-order valence-electron chi connectivity index (χ2n) is 4.21. The van der Waals surface area contributed by atoms with Crippen LogP contribution in [-0.4, -0.2) is 25.2 Å². The smallest absolute Gasteiger partial charge is 0.344 e. The molecule has 0 amide bonds. The van der Waals surface area contributed by atoms with Crippen molar-refractivity contribution in [2.45, 2.75) is 46.5 Å². The Kier molecular flexibility index (Phi) is 8.97. The Morgan fingerprint density at radius 3 is 2.22 bits per heavy atom. The van der Waals surface area contributed by atoms with Gasteiger partial charge in [-0.3, -0.25) is 0 Å². The molecule has 1 unspecified atom stereocenters. The lowest BCUT2D eigenvalue weighted by Gasteiger charge is -2.14. The van der Waals surface area contributed by atoms with Gasteiger partial charge < -0.3 is 9.47 Å². The minimum atomic E-state index is -0.705. The molecule has 0 aliphatic heterocycles. The van der Waals surface area contributed by atoms with E-state index in [1.54, 1.807) is 6.92 Å². The zero-order valence-corrected chi connectivity index (χ0v) is 11.7. The number of esters is 2. The maximum Gasteiger partial charge on any atom is 0.344 e. The standard InChI is InChI=1S/C14H24O4/c1-5-8-9-12(6-2)10-18-14(16)11(4)13(15)17-7-3/h12H,4-10H2,1-3H3. The van der Waals surface area contributed by atoms with Gasteiger partial charge in [0, 0.05) is 0 Å². The highest BCUT2D eigenvalue weighted by Gasteiger charge is 2.19. The Hall–Kier alpha value is -1.32. The molecular formula is C14H24O4. The highest BCUT2D eigenvalue weighted by Crippen LogP contribution is 2.13. The summed E-state index contributed by atoms with van der Waals surface area (Å²) in [5.74, 6) is -1.03. The van der Waals surface area contributed by atoms with Crippen molar-refractivity contribution < 1.29 is 19.1 Å². The summed E-state index contributed by atoms with van der Waals surface area (Å²) in [5.41, 5.74) is -0.234. The van der Waals surface area contributed by atoms with E-state index in [0.29, 0.717) is 12.5 Å².